The van der Waals surface area contributed by atoms with Crippen LogP contribution < -0.4 is 0 Å². The van der Waals surface area contributed by atoms with Gasteiger partial charge in [0.2, 0.25) is 0 Å². The number of carbonyl (C=O) groups is 1. The summed E-state index contributed by atoms with van der Waals surface area (Å²) in [5.74, 6) is 0. The molecule has 0 aliphatic heterocycles. The van der Waals surface area contributed by atoms with E-state index < -0.39 is 0 Å². The summed E-state index contributed by atoms with van der Waals surface area (Å²) in [5.41, 5.74) is 0. The van der Waals surface area contributed by atoms with Crippen molar-refractivity contribution < 1.29 is 9.53 Å². The van der Waals surface area contributed by atoms with Crippen LogP contribution in [0.3, 0.4) is 0 Å². The van der Waals surface area contributed by atoms with E-state index in [4.69, 9.17) is 4.74 Å². The summed E-state index contributed by atoms with van der Waals surface area (Å²) in [4.78, 5) is 14.6. The SMILES string of the molecule is CC(C)OC(=O)N(C)C(C)Cc1cccs1. The fraction of sp³-hybridized carbons (Fsp3) is 0.583. The maximum absolute atomic E-state index is 11.6. The number of nitrogens with zero attached hydrogens (tertiary/aromatic N) is 1. The summed E-state index contributed by atoms with van der Waals surface area (Å²) >= 11 is 1.72. The highest BCUT2D eigenvalue weighted by Gasteiger charge is 2.18. The summed E-state index contributed by atoms with van der Waals surface area (Å²) in [6.45, 7) is 5.74. The van der Waals surface area contributed by atoms with E-state index in [1.54, 1.807) is 23.3 Å². The number of ether oxygens (including phenoxy) is 1. The number of rotatable bonds is 4. The Morgan fingerprint density at radius 2 is 2.19 bits per heavy atom. The van der Waals surface area contributed by atoms with Gasteiger partial charge in [-0.15, -0.1) is 11.3 Å². The lowest BCUT2D eigenvalue weighted by atomic mass is 10.2. The van der Waals surface area contributed by atoms with E-state index in [1.165, 1.54) is 4.88 Å². The molecule has 1 unspecified atom stereocenters. The van der Waals surface area contributed by atoms with Gasteiger partial charge < -0.3 is 9.64 Å². The molecule has 1 heterocycles. The lowest BCUT2D eigenvalue weighted by Gasteiger charge is -2.24. The monoisotopic (exact) mass is 241 g/mol. The first-order chi connectivity index (χ1) is 7.50. The number of hydrogen-bond acceptors (Lipinski definition) is 3. The molecular formula is C12H19NO2S. The molecule has 1 amide bonds. The third-order valence-corrected chi connectivity index (χ3v) is 3.26. The number of carbonyl (C=O) groups excluding carboxylic acids is 1. The largest absolute Gasteiger partial charge is 0.447 e. The molecule has 0 saturated heterocycles. The summed E-state index contributed by atoms with van der Waals surface area (Å²) in [5, 5.41) is 2.05. The molecule has 0 aliphatic carbocycles. The van der Waals surface area contributed by atoms with E-state index >= 15 is 0 Å². The molecule has 3 nitrogen and oxygen atoms in total. The minimum Gasteiger partial charge on any atom is -0.447 e. The van der Waals surface area contributed by atoms with Crippen molar-refractivity contribution in [3.8, 4) is 0 Å². The van der Waals surface area contributed by atoms with Crippen molar-refractivity contribution in [1.82, 2.24) is 4.90 Å². The highest BCUT2D eigenvalue weighted by molar-refractivity contribution is 7.09. The molecule has 16 heavy (non-hydrogen) atoms. The van der Waals surface area contributed by atoms with Gasteiger partial charge in [-0.25, -0.2) is 4.79 Å². The Hall–Kier alpha value is -1.03. The predicted molar refractivity (Wildman–Crippen MR) is 66.9 cm³/mol. The summed E-state index contributed by atoms with van der Waals surface area (Å²) in [7, 11) is 1.78. The molecule has 0 N–H and O–H groups in total. The normalized spacial score (nSPS) is 12.6. The van der Waals surface area contributed by atoms with Crippen molar-refractivity contribution in [3.05, 3.63) is 22.4 Å². The molecule has 4 heteroatoms. The highest BCUT2D eigenvalue weighted by atomic mass is 32.1. The third kappa shape index (κ3) is 3.85. The fourth-order valence-corrected chi connectivity index (χ4v) is 2.15. The van der Waals surface area contributed by atoms with Crippen LogP contribution >= 0.6 is 11.3 Å². The van der Waals surface area contributed by atoms with Gasteiger partial charge in [-0.2, -0.15) is 0 Å². The van der Waals surface area contributed by atoms with Crippen molar-refractivity contribution in [2.45, 2.75) is 39.3 Å². The van der Waals surface area contributed by atoms with E-state index in [2.05, 4.69) is 11.4 Å². The van der Waals surface area contributed by atoms with Crippen molar-refractivity contribution in [2.24, 2.45) is 0 Å². The number of likely N-dealkylation sites (N-methyl/N-ethyl adjacent to an activating group) is 1. The Kier molecular flexibility index (Phi) is 4.80. The molecule has 0 fully saturated rings. The van der Waals surface area contributed by atoms with Crippen molar-refractivity contribution in [1.29, 1.82) is 0 Å². The summed E-state index contributed by atoms with van der Waals surface area (Å²) < 4.78 is 5.14. The Morgan fingerprint density at radius 1 is 1.50 bits per heavy atom. The first kappa shape index (κ1) is 13.0. The Morgan fingerprint density at radius 3 is 2.69 bits per heavy atom. The predicted octanol–water partition coefficient (Wildman–Crippen LogP) is 3.16. The smallest absolute Gasteiger partial charge is 0.410 e. The van der Waals surface area contributed by atoms with Crippen LogP contribution in [0.25, 0.3) is 0 Å². The minimum atomic E-state index is -0.251. The van der Waals surface area contributed by atoms with E-state index in [9.17, 15) is 4.79 Å². The first-order valence-electron chi connectivity index (χ1n) is 5.46. The molecule has 0 radical (unpaired) electrons. The third-order valence-electron chi connectivity index (χ3n) is 2.36. The lowest BCUT2D eigenvalue weighted by Crippen LogP contribution is -2.37. The van der Waals surface area contributed by atoms with Gasteiger partial charge in [-0.05, 0) is 32.2 Å². The van der Waals surface area contributed by atoms with E-state index in [-0.39, 0.29) is 18.2 Å². The Labute approximate surface area is 101 Å². The quantitative estimate of drug-likeness (QED) is 0.810. The van der Waals surface area contributed by atoms with Gasteiger partial charge >= 0.3 is 6.09 Å². The standard InChI is InChI=1S/C12H19NO2S/c1-9(2)15-12(14)13(4)10(3)8-11-6-5-7-16-11/h5-7,9-10H,8H2,1-4H3. The van der Waals surface area contributed by atoms with Gasteiger partial charge in [0, 0.05) is 24.4 Å². The van der Waals surface area contributed by atoms with E-state index in [1.807, 2.05) is 26.8 Å². The van der Waals surface area contributed by atoms with Gasteiger partial charge in [0.15, 0.2) is 0 Å². The van der Waals surface area contributed by atoms with Crippen LogP contribution in [0.2, 0.25) is 0 Å². The molecule has 0 spiro atoms. The van der Waals surface area contributed by atoms with Crippen molar-refractivity contribution in [2.75, 3.05) is 7.05 Å². The average molecular weight is 241 g/mol. The molecule has 1 rings (SSSR count). The second-order valence-corrected chi connectivity index (χ2v) is 5.21. The number of thiophene rings is 1. The molecule has 0 aromatic carbocycles. The van der Waals surface area contributed by atoms with Crippen LogP contribution in [-0.2, 0) is 11.2 Å². The molecule has 1 aromatic rings. The molecular weight excluding hydrogens is 222 g/mol. The number of hydrogen-bond donors (Lipinski definition) is 0. The van der Waals surface area contributed by atoms with Crippen LogP contribution in [0.5, 0.6) is 0 Å². The summed E-state index contributed by atoms with van der Waals surface area (Å²) in [6.07, 6.45) is 0.560. The molecule has 1 aromatic heterocycles. The van der Waals surface area contributed by atoms with Gasteiger partial charge in [-0.1, -0.05) is 6.07 Å². The van der Waals surface area contributed by atoms with E-state index in [0.29, 0.717) is 0 Å². The maximum atomic E-state index is 11.6. The van der Waals surface area contributed by atoms with Crippen LogP contribution in [0.4, 0.5) is 4.79 Å². The fourth-order valence-electron chi connectivity index (χ4n) is 1.32. The summed E-state index contributed by atoms with van der Waals surface area (Å²) in [6, 6.07) is 4.27. The second kappa shape index (κ2) is 5.89. The van der Waals surface area contributed by atoms with Gasteiger partial charge in [0.05, 0.1) is 6.10 Å². The Bertz CT molecular complexity index is 322. The molecule has 0 bridgehead atoms. The van der Waals surface area contributed by atoms with Crippen LogP contribution in [0.1, 0.15) is 25.6 Å². The number of amides is 1. The van der Waals surface area contributed by atoms with Crippen LogP contribution in [0, 0.1) is 0 Å². The highest BCUT2D eigenvalue weighted by Crippen LogP contribution is 2.14. The zero-order valence-electron chi connectivity index (χ0n) is 10.3. The molecule has 0 aliphatic rings. The molecule has 1 atom stereocenters. The second-order valence-electron chi connectivity index (χ2n) is 4.18. The van der Waals surface area contributed by atoms with Gasteiger partial charge in [0.25, 0.3) is 0 Å². The topological polar surface area (TPSA) is 29.5 Å². The molecule has 0 saturated carbocycles. The maximum Gasteiger partial charge on any atom is 0.410 e. The average Bonchev–Trinajstić information content (AvgIpc) is 2.68. The minimum absolute atomic E-state index is 0.0658. The zero-order valence-corrected chi connectivity index (χ0v) is 11.1. The van der Waals surface area contributed by atoms with Crippen LogP contribution in [0.15, 0.2) is 17.5 Å². The van der Waals surface area contributed by atoms with Gasteiger partial charge in [0.1, 0.15) is 0 Å². The van der Waals surface area contributed by atoms with E-state index in [0.717, 1.165) is 6.42 Å². The zero-order chi connectivity index (χ0) is 12.1. The van der Waals surface area contributed by atoms with Crippen LogP contribution in [-0.4, -0.2) is 30.2 Å². The lowest BCUT2D eigenvalue weighted by molar-refractivity contribution is 0.0746. The Balaban J connectivity index is 2.47. The first-order valence-corrected chi connectivity index (χ1v) is 6.34. The van der Waals surface area contributed by atoms with Crippen molar-refractivity contribution >= 4 is 17.4 Å². The van der Waals surface area contributed by atoms with Crippen molar-refractivity contribution in [3.63, 3.8) is 0 Å². The molecule has 90 valence electrons. The van der Waals surface area contributed by atoms with Gasteiger partial charge in [-0.3, -0.25) is 0 Å².